The molecular weight excluding hydrogens is 772 g/mol. The molecule has 2 aliphatic heterocycles. The zero-order chi connectivity index (χ0) is 41.8. The van der Waals surface area contributed by atoms with Crippen LogP contribution in [-0.2, 0) is 73.1 Å². The van der Waals surface area contributed by atoms with Gasteiger partial charge in [0.25, 0.3) is 11.8 Å². The zero-order valence-corrected chi connectivity index (χ0v) is 33.6. The van der Waals surface area contributed by atoms with Crippen molar-refractivity contribution >= 4 is 40.7 Å². The molecule has 0 radical (unpaired) electrons. The highest BCUT2D eigenvalue weighted by atomic mass is 16.7. The maximum Gasteiger partial charge on any atom is 0.335 e. The number of hydroxylamine groups is 2. The lowest BCUT2D eigenvalue weighted by atomic mass is 10.0. The van der Waals surface area contributed by atoms with E-state index >= 15 is 0 Å². The van der Waals surface area contributed by atoms with Gasteiger partial charge in [0.15, 0.2) is 5.78 Å². The van der Waals surface area contributed by atoms with Gasteiger partial charge in [-0.3, -0.25) is 24.2 Å². The molecule has 0 atom stereocenters. The lowest BCUT2D eigenvalue weighted by Gasteiger charge is -2.12. The predicted molar refractivity (Wildman–Crippen MR) is 210 cm³/mol. The lowest BCUT2D eigenvalue weighted by Crippen LogP contribution is -2.32. The quantitative estimate of drug-likeness (QED) is 0.0752. The molecule has 4 rings (SSSR count). The van der Waals surface area contributed by atoms with Gasteiger partial charge in [-0.1, -0.05) is 30.3 Å². The monoisotopic (exact) mass is 828 g/mol. The number of rotatable bonds is 33. The molecular formula is C42H56N2O15. The minimum Gasteiger partial charge on any atom is -0.485 e. The number of benzene rings is 2. The highest BCUT2D eigenvalue weighted by molar-refractivity contribution is 6.14. The molecule has 0 spiro atoms. The van der Waals surface area contributed by atoms with Gasteiger partial charge in [0.1, 0.15) is 18.1 Å². The molecule has 0 bridgehead atoms. The summed E-state index contributed by atoms with van der Waals surface area (Å²) in [5.74, 6) is -1.17. The van der Waals surface area contributed by atoms with Gasteiger partial charge in [-0.2, -0.15) is 0 Å². The SMILES string of the molecule is O=C(CCCOCCOCCOCCOCCOCCOCCOCCOCCC(=O)ON1C(=O)CCC1=O)COc1ccccc1C1=Nc2ccccc2CC(=O)C1. The molecule has 2 aromatic rings. The number of carbonyl (C=O) groups excluding carboxylic acids is 5. The Bertz CT molecular complexity index is 1620. The standard InChI is InChI=1S/C42H56N2O15/c45-34(32-58-39-10-4-2-8-36(39)38-31-35(46)30-33-6-1-3-9-37(33)43-38)7-5-14-50-16-18-52-20-22-54-24-26-56-28-29-57-27-25-55-23-21-53-19-17-51-15-13-42(49)59-44-40(47)11-12-41(44)48/h1-4,6,8-10H,5,7,11-32H2. The number of nitrogens with zero attached hydrogens (tertiary/aromatic N) is 2. The molecule has 2 amide bonds. The normalized spacial score (nSPS) is 14.0. The number of hydrogen-bond donors (Lipinski definition) is 0. The van der Waals surface area contributed by atoms with Crippen molar-refractivity contribution in [3.63, 3.8) is 0 Å². The first-order valence-electron chi connectivity index (χ1n) is 20.0. The number of Topliss-reactive ketones (excluding diaryl/α,β-unsaturated/α-hetero) is 2. The molecule has 1 saturated heterocycles. The number of fused-ring (bicyclic) bond motifs is 1. The number of ketones is 2. The van der Waals surface area contributed by atoms with E-state index in [4.69, 9.17) is 52.5 Å². The van der Waals surface area contributed by atoms with Gasteiger partial charge in [-0.15, -0.1) is 5.06 Å². The largest absolute Gasteiger partial charge is 0.485 e. The molecule has 59 heavy (non-hydrogen) atoms. The number of ether oxygens (including phenoxy) is 9. The van der Waals surface area contributed by atoms with Crippen LogP contribution in [0.5, 0.6) is 5.75 Å². The van der Waals surface area contributed by atoms with Gasteiger partial charge in [0.2, 0.25) is 0 Å². The van der Waals surface area contributed by atoms with Crippen molar-refractivity contribution in [1.82, 2.24) is 5.06 Å². The summed E-state index contributed by atoms with van der Waals surface area (Å²) in [5.41, 5.74) is 3.04. The van der Waals surface area contributed by atoms with E-state index in [2.05, 4.69) is 0 Å². The molecule has 0 saturated carbocycles. The number of amides is 2. The van der Waals surface area contributed by atoms with Crippen LogP contribution in [0.4, 0.5) is 5.69 Å². The molecule has 0 unspecified atom stereocenters. The Kier molecular flexibility index (Phi) is 23.1. The van der Waals surface area contributed by atoms with E-state index in [0.717, 1.165) is 11.3 Å². The second-order valence-electron chi connectivity index (χ2n) is 13.2. The highest BCUT2D eigenvalue weighted by Gasteiger charge is 2.32. The first-order chi connectivity index (χ1) is 28.9. The van der Waals surface area contributed by atoms with E-state index in [1.54, 1.807) is 6.07 Å². The summed E-state index contributed by atoms with van der Waals surface area (Å²) in [4.78, 5) is 69.1. The number of aliphatic imine (C=N–C) groups is 1. The average Bonchev–Trinajstić information content (AvgIpc) is 3.43. The molecule has 17 nitrogen and oxygen atoms in total. The summed E-state index contributed by atoms with van der Waals surface area (Å²) >= 11 is 0. The van der Waals surface area contributed by atoms with E-state index in [-0.39, 0.29) is 57.1 Å². The Morgan fingerprint density at radius 1 is 0.559 bits per heavy atom. The summed E-state index contributed by atoms with van der Waals surface area (Å²) in [7, 11) is 0. The number of hydrogen-bond acceptors (Lipinski definition) is 16. The van der Waals surface area contributed by atoms with Crippen molar-refractivity contribution in [3.05, 3.63) is 59.7 Å². The fourth-order valence-electron chi connectivity index (χ4n) is 5.61. The average molecular weight is 829 g/mol. The van der Waals surface area contributed by atoms with Crippen LogP contribution in [0.15, 0.2) is 53.5 Å². The third-order valence-electron chi connectivity index (χ3n) is 8.58. The van der Waals surface area contributed by atoms with Gasteiger partial charge < -0.3 is 47.5 Å². The predicted octanol–water partition coefficient (Wildman–Crippen LogP) is 3.18. The van der Waals surface area contributed by atoms with Crippen molar-refractivity contribution in [2.75, 3.05) is 112 Å². The molecule has 2 heterocycles. The van der Waals surface area contributed by atoms with Crippen LogP contribution in [-0.4, -0.2) is 152 Å². The molecule has 1 fully saturated rings. The number of para-hydroxylation sites is 2. The third kappa shape index (κ3) is 19.4. The summed E-state index contributed by atoms with van der Waals surface area (Å²) in [6.45, 7) is 6.13. The van der Waals surface area contributed by atoms with Crippen LogP contribution in [0, 0.1) is 0 Å². The Morgan fingerprint density at radius 2 is 1.05 bits per heavy atom. The molecule has 0 aliphatic carbocycles. The Hall–Kier alpha value is -4.46. The smallest absolute Gasteiger partial charge is 0.335 e. The molecule has 2 aromatic carbocycles. The fourth-order valence-corrected chi connectivity index (χ4v) is 5.61. The Labute approximate surface area is 344 Å². The first kappa shape index (κ1) is 47.2. The van der Waals surface area contributed by atoms with E-state index in [1.807, 2.05) is 42.5 Å². The van der Waals surface area contributed by atoms with Crippen LogP contribution < -0.4 is 4.74 Å². The third-order valence-corrected chi connectivity index (χ3v) is 8.58. The first-order valence-corrected chi connectivity index (χ1v) is 20.0. The topological polar surface area (TPSA) is 193 Å². The summed E-state index contributed by atoms with van der Waals surface area (Å²) in [6, 6.07) is 15.0. The summed E-state index contributed by atoms with van der Waals surface area (Å²) in [6.07, 6.45) is 1.46. The van der Waals surface area contributed by atoms with Gasteiger partial charge in [-0.05, 0) is 30.2 Å². The van der Waals surface area contributed by atoms with Gasteiger partial charge in [0.05, 0.1) is 117 Å². The van der Waals surface area contributed by atoms with Gasteiger partial charge in [-0.25, -0.2) is 4.79 Å². The fraction of sp³-hybridized carbons (Fsp3) is 0.571. The van der Waals surface area contributed by atoms with E-state index in [9.17, 15) is 24.0 Å². The van der Waals surface area contributed by atoms with Crippen LogP contribution in [0.3, 0.4) is 0 Å². The van der Waals surface area contributed by atoms with Crippen LogP contribution in [0.1, 0.15) is 49.7 Å². The number of imide groups is 1. The van der Waals surface area contributed by atoms with E-state index in [0.29, 0.717) is 134 Å². The molecule has 0 aromatic heterocycles. The maximum absolute atomic E-state index is 12.6. The van der Waals surface area contributed by atoms with Crippen LogP contribution in [0.25, 0.3) is 0 Å². The van der Waals surface area contributed by atoms with Gasteiger partial charge in [0, 0.05) is 44.3 Å². The van der Waals surface area contributed by atoms with E-state index in [1.165, 1.54) is 0 Å². The zero-order valence-electron chi connectivity index (χ0n) is 33.6. The van der Waals surface area contributed by atoms with Crippen LogP contribution >= 0.6 is 0 Å². The highest BCUT2D eigenvalue weighted by Crippen LogP contribution is 2.28. The van der Waals surface area contributed by atoms with Crippen molar-refractivity contribution < 1.29 is 71.4 Å². The van der Waals surface area contributed by atoms with E-state index < -0.39 is 17.8 Å². The molecule has 0 N–H and O–H groups in total. The Morgan fingerprint density at radius 3 is 1.63 bits per heavy atom. The van der Waals surface area contributed by atoms with Crippen molar-refractivity contribution in [3.8, 4) is 5.75 Å². The second kappa shape index (κ2) is 28.9. The minimum absolute atomic E-state index is 0.0413. The minimum atomic E-state index is -0.707. The summed E-state index contributed by atoms with van der Waals surface area (Å²) < 4.78 is 49.6. The molecule has 324 valence electrons. The second-order valence-corrected chi connectivity index (χ2v) is 13.2. The molecule has 17 heteroatoms. The van der Waals surface area contributed by atoms with Crippen LogP contribution in [0.2, 0.25) is 0 Å². The Balaban J connectivity index is 0.846. The summed E-state index contributed by atoms with van der Waals surface area (Å²) in [5, 5.41) is 0.515. The molecule has 2 aliphatic rings. The van der Waals surface area contributed by atoms with Gasteiger partial charge >= 0.3 is 5.97 Å². The maximum atomic E-state index is 12.6. The number of carbonyl (C=O) groups is 5. The van der Waals surface area contributed by atoms with Crippen molar-refractivity contribution in [2.24, 2.45) is 4.99 Å². The van der Waals surface area contributed by atoms with Crippen molar-refractivity contribution in [1.29, 1.82) is 0 Å². The lowest BCUT2D eigenvalue weighted by molar-refractivity contribution is -0.198. The van der Waals surface area contributed by atoms with Crippen molar-refractivity contribution in [2.45, 2.75) is 44.9 Å².